The number of carbonyl (C=O) groups is 1. The van der Waals surface area contributed by atoms with Crippen LogP contribution in [0.25, 0.3) is 10.4 Å². The minimum atomic E-state index is -1.30. The summed E-state index contributed by atoms with van der Waals surface area (Å²) in [6.07, 6.45) is -5.04. The van der Waals surface area contributed by atoms with Gasteiger partial charge in [0, 0.05) is 23.6 Å². The molecule has 2 saturated heterocycles. The summed E-state index contributed by atoms with van der Waals surface area (Å²) in [6, 6.07) is 17.9. The van der Waals surface area contributed by atoms with Crippen LogP contribution in [0.1, 0.15) is 28.6 Å². The van der Waals surface area contributed by atoms with Crippen LogP contribution in [0.4, 0.5) is 0 Å². The van der Waals surface area contributed by atoms with Crippen molar-refractivity contribution < 1.29 is 33.6 Å². The number of esters is 1. The Morgan fingerprint density at radius 1 is 1.12 bits per heavy atom. The fourth-order valence-electron chi connectivity index (χ4n) is 3.76. The molecule has 1 N–H and O–H groups in total. The number of ether oxygens (including phenoxy) is 5. The number of hydrogen-bond acceptors (Lipinski definition) is 8. The molecule has 10 nitrogen and oxygen atoms in total. The van der Waals surface area contributed by atoms with E-state index in [2.05, 4.69) is 10.0 Å². The lowest BCUT2D eigenvalue weighted by molar-refractivity contribution is -0.360. The highest BCUT2D eigenvalue weighted by molar-refractivity contribution is 5.89. The molecule has 2 aliphatic rings. The molecule has 0 aromatic heterocycles. The van der Waals surface area contributed by atoms with Crippen molar-refractivity contribution in [3.05, 3.63) is 82.2 Å². The van der Waals surface area contributed by atoms with Crippen LogP contribution in [-0.2, 0) is 23.7 Å². The van der Waals surface area contributed by atoms with Gasteiger partial charge in [-0.2, -0.15) is 0 Å². The van der Waals surface area contributed by atoms with Crippen LogP contribution in [0.2, 0.25) is 0 Å². The predicted molar refractivity (Wildman–Crippen MR) is 115 cm³/mol. The Labute approximate surface area is 190 Å². The van der Waals surface area contributed by atoms with Gasteiger partial charge in [-0.3, -0.25) is 0 Å². The molecule has 2 aromatic carbocycles. The van der Waals surface area contributed by atoms with Gasteiger partial charge in [-0.1, -0.05) is 53.6 Å². The minimum Gasteiger partial charge on any atom is -0.453 e. The molecule has 0 radical (unpaired) electrons. The number of rotatable bonds is 8. The van der Waals surface area contributed by atoms with Crippen LogP contribution in [0.3, 0.4) is 0 Å². The Morgan fingerprint density at radius 2 is 1.85 bits per heavy atom. The molecule has 0 spiro atoms. The molecule has 0 bridgehead atoms. The van der Waals surface area contributed by atoms with E-state index < -0.39 is 43.0 Å². The van der Waals surface area contributed by atoms with Crippen LogP contribution in [-0.4, -0.2) is 61.5 Å². The monoisotopic (exact) mass is 455 g/mol. The Bertz CT molecular complexity index is 955. The van der Waals surface area contributed by atoms with Gasteiger partial charge in [0.1, 0.15) is 18.3 Å². The van der Waals surface area contributed by atoms with Gasteiger partial charge in [0.25, 0.3) is 0 Å². The summed E-state index contributed by atoms with van der Waals surface area (Å²) >= 11 is 0. The highest BCUT2D eigenvalue weighted by atomic mass is 16.8. The van der Waals surface area contributed by atoms with E-state index in [4.69, 9.17) is 29.2 Å². The van der Waals surface area contributed by atoms with Crippen molar-refractivity contribution in [1.82, 2.24) is 0 Å². The molecule has 0 unspecified atom stereocenters. The van der Waals surface area contributed by atoms with Crippen LogP contribution in [0, 0.1) is 0 Å². The Morgan fingerprint density at radius 3 is 2.58 bits per heavy atom. The van der Waals surface area contributed by atoms with Crippen LogP contribution < -0.4 is 0 Å². The summed E-state index contributed by atoms with van der Waals surface area (Å²) in [5, 5.41) is 14.4. The fraction of sp³-hybridized carbons (Fsp3) is 0.435. The maximum absolute atomic E-state index is 12.8. The quantitative estimate of drug-likeness (QED) is 0.213. The standard InChI is InChI=1S/C23H25N3O7/c24-26-25-12-7-13-29-23-18(27)20(32-21(28)15-8-3-1-4-9-15)19-17(31-23)14-30-22(33-19)16-10-5-2-6-11-16/h1-6,8-11,17-20,22-23,27H,7,12-14H2/t17-,18-,19+,20-,22+,23-/m1/s1. The lowest BCUT2D eigenvalue weighted by Gasteiger charge is -2.47. The van der Waals surface area contributed by atoms with E-state index in [1.54, 1.807) is 30.3 Å². The molecule has 10 heteroatoms. The van der Waals surface area contributed by atoms with Gasteiger partial charge in [0.2, 0.25) is 0 Å². The van der Waals surface area contributed by atoms with Crippen molar-refractivity contribution in [2.75, 3.05) is 19.8 Å². The largest absolute Gasteiger partial charge is 0.453 e. The molecule has 2 fully saturated rings. The van der Waals surface area contributed by atoms with E-state index in [-0.39, 0.29) is 19.8 Å². The summed E-state index contributed by atoms with van der Waals surface area (Å²) in [7, 11) is 0. The third kappa shape index (κ3) is 5.69. The molecule has 0 aliphatic carbocycles. The zero-order valence-corrected chi connectivity index (χ0v) is 17.8. The van der Waals surface area contributed by atoms with Crippen LogP contribution in [0.15, 0.2) is 65.8 Å². The predicted octanol–water partition coefficient (Wildman–Crippen LogP) is 3.13. The van der Waals surface area contributed by atoms with E-state index in [9.17, 15) is 9.90 Å². The SMILES string of the molecule is [N-]=[N+]=NCCCO[C@@H]1O[C@@H]2CO[C@H](c3ccccc3)O[C@@H]2[C@H](OC(=O)c2ccccc2)[C@H]1O. The lowest BCUT2D eigenvalue weighted by Crippen LogP contribution is -2.63. The molecule has 2 aliphatic heterocycles. The second-order valence-corrected chi connectivity index (χ2v) is 7.62. The number of hydrogen-bond donors (Lipinski definition) is 1. The fourth-order valence-corrected chi connectivity index (χ4v) is 3.76. The number of aliphatic hydroxyl groups is 1. The van der Waals surface area contributed by atoms with Gasteiger partial charge in [-0.05, 0) is 24.1 Å². The van der Waals surface area contributed by atoms with E-state index in [0.29, 0.717) is 12.0 Å². The molecule has 6 atom stereocenters. The normalized spacial score (nSPS) is 28.9. The lowest BCUT2D eigenvalue weighted by atomic mass is 9.97. The number of carbonyl (C=O) groups excluding carboxylic acids is 1. The summed E-state index contributed by atoms with van der Waals surface area (Å²) < 4.78 is 29.2. The molecule has 0 saturated carbocycles. The second-order valence-electron chi connectivity index (χ2n) is 7.62. The van der Waals surface area contributed by atoms with Crippen molar-refractivity contribution in [3.8, 4) is 0 Å². The number of benzene rings is 2. The summed E-state index contributed by atoms with van der Waals surface area (Å²) in [5.74, 6) is -0.589. The number of nitrogens with zero attached hydrogens (tertiary/aromatic N) is 3. The summed E-state index contributed by atoms with van der Waals surface area (Å²) in [5.41, 5.74) is 9.53. The highest BCUT2D eigenvalue weighted by Crippen LogP contribution is 2.36. The highest BCUT2D eigenvalue weighted by Gasteiger charge is 2.52. The first kappa shape index (κ1) is 23.2. The van der Waals surface area contributed by atoms with Gasteiger partial charge in [-0.25, -0.2) is 4.79 Å². The summed E-state index contributed by atoms with van der Waals surface area (Å²) in [6.45, 7) is 0.601. The van der Waals surface area contributed by atoms with E-state index in [1.807, 2.05) is 30.3 Å². The minimum absolute atomic E-state index is 0.162. The molecule has 2 aromatic rings. The summed E-state index contributed by atoms with van der Waals surface area (Å²) in [4.78, 5) is 15.5. The van der Waals surface area contributed by atoms with Crippen molar-refractivity contribution in [2.45, 2.75) is 43.4 Å². The van der Waals surface area contributed by atoms with E-state index >= 15 is 0 Å². The first-order valence-electron chi connectivity index (χ1n) is 10.7. The van der Waals surface area contributed by atoms with E-state index in [1.165, 1.54) is 0 Å². The maximum Gasteiger partial charge on any atom is 0.338 e. The molecule has 0 amide bonds. The van der Waals surface area contributed by atoms with Crippen molar-refractivity contribution in [2.24, 2.45) is 5.11 Å². The smallest absolute Gasteiger partial charge is 0.338 e. The van der Waals surface area contributed by atoms with Crippen molar-refractivity contribution in [1.29, 1.82) is 0 Å². The Kier molecular flexibility index (Phi) is 7.90. The number of fused-ring (bicyclic) bond motifs is 1. The third-order valence-corrected chi connectivity index (χ3v) is 5.38. The van der Waals surface area contributed by atoms with Crippen molar-refractivity contribution >= 4 is 5.97 Å². The average molecular weight is 455 g/mol. The first-order valence-corrected chi connectivity index (χ1v) is 10.7. The second kappa shape index (κ2) is 11.2. The topological polar surface area (TPSA) is 132 Å². The van der Waals surface area contributed by atoms with E-state index in [0.717, 1.165) is 5.56 Å². The zero-order valence-electron chi connectivity index (χ0n) is 17.8. The molecule has 4 rings (SSSR count). The molecular formula is C23H25N3O7. The van der Waals surface area contributed by atoms with Gasteiger partial charge < -0.3 is 28.8 Å². The van der Waals surface area contributed by atoms with Gasteiger partial charge >= 0.3 is 5.97 Å². The van der Waals surface area contributed by atoms with Crippen molar-refractivity contribution in [3.63, 3.8) is 0 Å². The molecule has 2 heterocycles. The average Bonchev–Trinajstić information content (AvgIpc) is 2.87. The van der Waals surface area contributed by atoms with Crippen LogP contribution >= 0.6 is 0 Å². The Balaban J connectivity index is 1.50. The van der Waals surface area contributed by atoms with Crippen LogP contribution in [0.5, 0.6) is 0 Å². The zero-order chi connectivity index (χ0) is 23.0. The molecule has 174 valence electrons. The van der Waals surface area contributed by atoms with Gasteiger partial charge in [-0.15, -0.1) is 0 Å². The van der Waals surface area contributed by atoms with Gasteiger partial charge in [0.15, 0.2) is 18.7 Å². The number of azide groups is 1. The molecule has 33 heavy (non-hydrogen) atoms. The first-order chi connectivity index (χ1) is 16.2. The Hall–Kier alpha value is -2.98. The number of aliphatic hydroxyl groups excluding tert-OH is 1. The van der Waals surface area contributed by atoms with Gasteiger partial charge in [0.05, 0.1) is 12.2 Å². The molecular weight excluding hydrogens is 430 g/mol. The maximum atomic E-state index is 12.8. The third-order valence-electron chi connectivity index (χ3n) is 5.38.